The average Bonchev–Trinajstić information content (AvgIpc) is 3.29. The van der Waals surface area contributed by atoms with Crippen LogP contribution in [-0.4, -0.2) is 32.0 Å². The lowest BCUT2D eigenvalue weighted by atomic mass is 10.2. The second-order valence-corrected chi connectivity index (χ2v) is 7.06. The van der Waals surface area contributed by atoms with E-state index in [0.29, 0.717) is 11.6 Å². The summed E-state index contributed by atoms with van der Waals surface area (Å²) in [6, 6.07) is 10.2. The van der Waals surface area contributed by atoms with Gasteiger partial charge in [0.1, 0.15) is 16.8 Å². The molecule has 1 N–H and O–H groups in total. The van der Waals surface area contributed by atoms with Crippen molar-refractivity contribution < 1.29 is 9.53 Å². The Morgan fingerprint density at radius 1 is 1.35 bits per heavy atom. The van der Waals surface area contributed by atoms with Crippen LogP contribution in [0.2, 0.25) is 0 Å². The number of imidazole rings is 1. The smallest absolute Gasteiger partial charge is 0.232 e. The lowest BCUT2D eigenvalue weighted by Crippen LogP contribution is -2.12. The van der Waals surface area contributed by atoms with Crippen molar-refractivity contribution in [1.82, 2.24) is 19.5 Å². The topological polar surface area (TPSA) is 81.9 Å². The molecule has 1 atom stereocenters. The highest BCUT2D eigenvalue weighted by molar-refractivity contribution is 7.98. The first-order valence-corrected chi connectivity index (χ1v) is 9.50. The molecule has 7 nitrogen and oxygen atoms in total. The van der Waals surface area contributed by atoms with E-state index < -0.39 is 0 Å². The Kier molecular flexibility index (Phi) is 4.85. The molecule has 134 valence electrons. The summed E-state index contributed by atoms with van der Waals surface area (Å²) in [5.41, 5.74) is 2.62. The van der Waals surface area contributed by atoms with E-state index in [1.807, 2.05) is 22.8 Å². The Balaban J connectivity index is 1.70. The number of nitrogens with one attached hydrogen (secondary N) is 1. The van der Waals surface area contributed by atoms with Crippen LogP contribution in [-0.2, 0) is 15.3 Å². The molecule has 0 bridgehead atoms. The Morgan fingerprint density at radius 2 is 2.19 bits per heavy atom. The van der Waals surface area contributed by atoms with Crippen LogP contribution < -0.4 is 5.32 Å². The van der Waals surface area contributed by atoms with Crippen LogP contribution in [0.25, 0.3) is 11.2 Å². The number of carbonyl (C=O) groups excluding carboxylic acids is 1. The van der Waals surface area contributed by atoms with Gasteiger partial charge in [-0.2, -0.15) is 4.98 Å². The van der Waals surface area contributed by atoms with E-state index in [0.717, 1.165) is 35.7 Å². The van der Waals surface area contributed by atoms with E-state index in [1.54, 1.807) is 18.1 Å². The quantitative estimate of drug-likeness (QED) is 0.548. The third-order valence-electron chi connectivity index (χ3n) is 4.11. The van der Waals surface area contributed by atoms with Crippen LogP contribution in [0.15, 0.2) is 41.7 Å². The molecule has 0 radical (unpaired) electrons. The van der Waals surface area contributed by atoms with Gasteiger partial charge in [0.25, 0.3) is 0 Å². The zero-order chi connectivity index (χ0) is 17.9. The SMILES string of the molecule is CC(=O)Nc1nc(SCc2ccccc2)c2ncn([C@H]3CCCO3)c2n1. The van der Waals surface area contributed by atoms with Crippen molar-refractivity contribution in [2.24, 2.45) is 0 Å². The molecular formula is C18H19N5O2S. The minimum Gasteiger partial charge on any atom is -0.358 e. The van der Waals surface area contributed by atoms with Gasteiger partial charge in [-0.15, -0.1) is 0 Å². The van der Waals surface area contributed by atoms with Crippen LogP contribution in [0.5, 0.6) is 0 Å². The second kappa shape index (κ2) is 7.43. The molecule has 1 amide bonds. The van der Waals surface area contributed by atoms with Gasteiger partial charge >= 0.3 is 0 Å². The molecule has 3 heterocycles. The van der Waals surface area contributed by atoms with E-state index in [2.05, 4.69) is 32.4 Å². The molecule has 8 heteroatoms. The first-order chi connectivity index (χ1) is 12.7. The normalized spacial score (nSPS) is 16.9. The van der Waals surface area contributed by atoms with Gasteiger partial charge in [-0.3, -0.25) is 14.7 Å². The van der Waals surface area contributed by atoms with Crippen molar-refractivity contribution in [1.29, 1.82) is 0 Å². The number of hydrogen-bond donors (Lipinski definition) is 1. The summed E-state index contributed by atoms with van der Waals surface area (Å²) < 4.78 is 7.70. The molecule has 0 aliphatic carbocycles. The fourth-order valence-electron chi connectivity index (χ4n) is 2.92. The molecule has 1 aliphatic rings. The number of anilines is 1. The number of benzene rings is 1. The van der Waals surface area contributed by atoms with Crippen molar-refractivity contribution in [3.63, 3.8) is 0 Å². The fraction of sp³-hybridized carbons (Fsp3) is 0.333. The highest BCUT2D eigenvalue weighted by Crippen LogP contribution is 2.32. The van der Waals surface area contributed by atoms with Crippen molar-refractivity contribution in [3.8, 4) is 0 Å². The highest BCUT2D eigenvalue weighted by atomic mass is 32.2. The standard InChI is InChI=1S/C18H19N5O2S/c1-12(24)20-18-21-16-15(19-11-23(16)14-8-5-9-25-14)17(22-18)26-10-13-6-3-2-4-7-13/h2-4,6-7,11,14H,5,8-10H2,1H3,(H,20,21,22,24)/t14-/m1/s1. The molecule has 0 spiro atoms. The molecule has 1 aliphatic heterocycles. The van der Waals surface area contributed by atoms with Crippen molar-refractivity contribution >= 4 is 34.8 Å². The van der Waals surface area contributed by atoms with Crippen LogP contribution >= 0.6 is 11.8 Å². The zero-order valence-corrected chi connectivity index (χ0v) is 15.2. The molecule has 0 unspecified atom stereocenters. The Morgan fingerprint density at radius 3 is 2.92 bits per heavy atom. The van der Waals surface area contributed by atoms with Crippen molar-refractivity contribution in [3.05, 3.63) is 42.2 Å². The molecular weight excluding hydrogens is 350 g/mol. The summed E-state index contributed by atoms with van der Waals surface area (Å²) in [6.45, 7) is 2.19. The maximum atomic E-state index is 11.5. The summed E-state index contributed by atoms with van der Waals surface area (Å²) in [5, 5.41) is 3.44. The van der Waals surface area contributed by atoms with E-state index >= 15 is 0 Å². The predicted octanol–water partition coefficient (Wildman–Crippen LogP) is 3.39. The zero-order valence-electron chi connectivity index (χ0n) is 14.4. The number of fused-ring (bicyclic) bond motifs is 1. The Labute approximate surface area is 155 Å². The average molecular weight is 369 g/mol. The molecule has 0 saturated carbocycles. The van der Waals surface area contributed by atoms with E-state index in [1.165, 1.54) is 12.5 Å². The predicted molar refractivity (Wildman–Crippen MR) is 99.9 cm³/mol. The third kappa shape index (κ3) is 3.56. The maximum Gasteiger partial charge on any atom is 0.232 e. The molecule has 1 fully saturated rings. The summed E-state index contributed by atoms with van der Waals surface area (Å²) >= 11 is 1.58. The highest BCUT2D eigenvalue weighted by Gasteiger charge is 2.22. The number of amides is 1. The molecule has 2 aromatic heterocycles. The molecule has 26 heavy (non-hydrogen) atoms. The Hall–Kier alpha value is -2.45. The number of rotatable bonds is 5. The summed E-state index contributed by atoms with van der Waals surface area (Å²) in [7, 11) is 0. The van der Waals surface area contributed by atoms with Crippen molar-refractivity contribution in [2.45, 2.75) is 36.8 Å². The van der Waals surface area contributed by atoms with Gasteiger partial charge in [0.15, 0.2) is 5.65 Å². The van der Waals surface area contributed by atoms with Gasteiger partial charge in [0.2, 0.25) is 11.9 Å². The van der Waals surface area contributed by atoms with Crippen LogP contribution in [0.4, 0.5) is 5.95 Å². The number of aromatic nitrogens is 4. The lowest BCUT2D eigenvalue weighted by molar-refractivity contribution is -0.114. The monoisotopic (exact) mass is 369 g/mol. The minimum absolute atomic E-state index is 0.0629. The second-order valence-electron chi connectivity index (χ2n) is 6.10. The van der Waals surface area contributed by atoms with Gasteiger partial charge in [0.05, 0.1) is 6.33 Å². The van der Waals surface area contributed by atoms with E-state index in [9.17, 15) is 4.79 Å². The van der Waals surface area contributed by atoms with Crippen LogP contribution in [0.3, 0.4) is 0 Å². The summed E-state index contributed by atoms with van der Waals surface area (Å²) in [4.78, 5) is 25.0. The fourth-order valence-corrected chi connectivity index (χ4v) is 3.85. The number of ether oxygens (including phenoxy) is 1. The van der Waals surface area contributed by atoms with Gasteiger partial charge in [0, 0.05) is 19.3 Å². The van der Waals surface area contributed by atoms with Crippen LogP contribution in [0, 0.1) is 0 Å². The molecule has 1 saturated heterocycles. The van der Waals surface area contributed by atoms with Gasteiger partial charge < -0.3 is 4.74 Å². The van der Waals surface area contributed by atoms with E-state index in [4.69, 9.17) is 4.74 Å². The number of thioether (sulfide) groups is 1. The first-order valence-electron chi connectivity index (χ1n) is 8.51. The minimum atomic E-state index is -0.202. The molecule has 1 aromatic carbocycles. The summed E-state index contributed by atoms with van der Waals surface area (Å²) in [5.74, 6) is 0.853. The van der Waals surface area contributed by atoms with Gasteiger partial charge in [-0.25, -0.2) is 9.97 Å². The number of carbonyl (C=O) groups is 1. The van der Waals surface area contributed by atoms with Crippen LogP contribution in [0.1, 0.15) is 31.6 Å². The van der Waals surface area contributed by atoms with E-state index in [-0.39, 0.29) is 12.1 Å². The molecule has 4 rings (SSSR count). The number of nitrogens with zero attached hydrogens (tertiary/aromatic N) is 4. The van der Waals surface area contributed by atoms with Gasteiger partial charge in [-0.05, 0) is 18.4 Å². The van der Waals surface area contributed by atoms with Crippen molar-refractivity contribution in [2.75, 3.05) is 11.9 Å². The lowest BCUT2D eigenvalue weighted by Gasteiger charge is -2.12. The van der Waals surface area contributed by atoms with Gasteiger partial charge in [-0.1, -0.05) is 42.1 Å². The first kappa shape index (κ1) is 17.0. The largest absolute Gasteiger partial charge is 0.358 e. The Bertz CT molecular complexity index is 922. The molecule has 3 aromatic rings. The summed E-state index contributed by atoms with van der Waals surface area (Å²) in [6.07, 6.45) is 3.63. The third-order valence-corrected chi connectivity index (χ3v) is 5.15. The number of hydrogen-bond acceptors (Lipinski definition) is 6. The maximum absolute atomic E-state index is 11.5.